The van der Waals surface area contributed by atoms with Crippen molar-refractivity contribution in [2.75, 3.05) is 14.0 Å². The molecule has 14 heteroatoms. The van der Waals surface area contributed by atoms with Gasteiger partial charge in [0.2, 0.25) is 0 Å². The predicted molar refractivity (Wildman–Crippen MR) is 48.5 cm³/mol. The molecule has 5 N–H and O–H groups in total. The summed E-state index contributed by atoms with van der Waals surface area (Å²) >= 11 is 0. The molecule has 0 amide bonds. The molecule has 0 aromatic heterocycles. The van der Waals surface area contributed by atoms with Crippen LogP contribution in [0.3, 0.4) is 0 Å². The van der Waals surface area contributed by atoms with E-state index in [1.807, 2.05) is 0 Å². The average molecular weight is 290 g/mol. The summed E-state index contributed by atoms with van der Waals surface area (Å²) < 4.78 is 41.9. The van der Waals surface area contributed by atoms with Gasteiger partial charge in [0.1, 0.15) is 0 Å². The molecular formula is C4H11BF2LiO9P. The molecule has 0 aliphatic heterocycles. The molecule has 0 saturated heterocycles. The van der Waals surface area contributed by atoms with Crippen molar-refractivity contribution in [2.24, 2.45) is 0 Å². The second kappa shape index (κ2) is 9.99. The quantitative estimate of drug-likeness (QED) is 0.145. The Morgan fingerprint density at radius 3 is 1.94 bits per heavy atom. The smallest absolute Gasteiger partial charge is 1.00 e. The van der Waals surface area contributed by atoms with Crippen molar-refractivity contribution in [3.63, 3.8) is 0 Å². The molecule has 18 heavy (non-hydrogen) atoms. The topological polar surface area (TPSA) is 154 Å². The van der Waals surface area contributed by atoms with E-state index in [0.717, 1.165) is 0 Å². The van der Waals surface area contributed by atoms with Gasteiger partial charge in [-0.3, -0.25) is 13.9 Å². The Labute approximate surface area is 114 Å². The number of halogens is 2. The average Bonchev–Trinajstić information content (AvgIpc) is 2.16. The number of hydrogen-bond donors (Lipinski definition) is 5. The van der Waals surface area contributed by atoms with Gasteiger partial charge in [-0.05, 0) is 0 Å². The molecule has 0 fully saturated rings. The Kier molecular flexibility index (Phi) is 12.9. The van der Waals surface area contributed by atoms with Gasteiger partial charge in [-0.1, -0.05) is 0 Å². The molecule has 0 spiro atoms. The molecule has 104 valence electrons. The number of hydrogen-bond acceptors (Lipinski definition) is 9. The third-order valence-corrected chi connectivity index (χ3v) is 2.96. The van der Waals surface area contributed by atoms with Gasteiger partial charge < -0.3 is 31.2 Å². The van der Waals surface area contributed by atoms with E-state index in [2.05, 4.69) is 9.05 Å². The summed E-state index contributed by atoms with van der Waals surface area (Å²) in [5.74, 6) is 0. The normalized spacial score (nSPS) is 13.6. The Bertz CT molecular complexity index is 293. The fourth-order valence-electron chi connectivity index (χ4n) is 0.442. The van der Waals surface area contributed by atoms with E-state index < -0.39 is 33.3 Å². The molecule has 0 saturated carbocycles. The summed E-state index contributed by atoms with van der Waals surface area (Å²) in [5, 5.41) is 38.7. The summed E-state index contributed by atoms with van der Waals surface area (Å²) in [4.78, 5) is 9.92. The first-order valence-corrected chi connectivity index (χ1v) is 5.14. The molecule has 0 bridgehead atoms. The molecule has 1 unspecified atom stereocenters. The number of carbonyl (C=O) groups is 1. The number of aliphatic hydroxyl groups is 2. The van der Waals surface area contributed by atoms with Crippen LogP contribution in [0.5, 0.6) is 0 Å². The summed E-state index contributed by atoms with van der Waals surface area (Å²) in [6.45, 7) is -1.72. The second-order valence-corrected chi connectivity index (χ2v) is 4.42. The Balaban J connectivity index is -0.000000165. The maximum absolute atomic E-state index is 11.9. The molecule has 0 heterocycles. The number of rotatable bonds is 5. The molecule has 0 aliphatic carbocycles. The van der Waals surface area contributed by atoms with Crippen molar-refractivity contribution >= 4 is 21.0 Å². The van der Waals surface area contributed by atoms with Crippen molar-refractivity contribution in [2.45, 2.75) is 5.53 Å². The zero-order chi connectivity index (χ0) is 14.3. The van der Waals surface area contributed by atoms with Crippen molar-refractivity contribution < 1.29 is 72.8 Å². The van der Waals surface area contributed by atoms with Gasteiger partial charge in [-0.25, -0.2) is 4.39 Å². The standard InChI is InChI=1S/C4H7F2O6P.BH3O3.Li.H/c1-11-13(10,12-2-5)4(8,9)3(6)7;2-1(3)4;;/h8-9H,2H2,1H3;2-4H;;/q;;+1;-1. The Morgan fingerprint density at radius 2 is 1.78 bits per heavy atom. The first kappa shape index (κ1) is 23.3. The van der Waals surface area contributed by atoms with Crippen molar-refractivity contribution in [3.05, 3.63) is 0 Å². The van der Waals surface area contributed by atoms with E-state index in [1.165, 1.54) is 0 Å². The summed E-state index contributed by atoms with van der Waals surface area (Å²) in [6.07, 6.45) is 0. The summed E-state index contributed by atoms with van der Waals surface area (Å²) in [5.41, 5.74) is -3.98. The Morgan fingerprint density at radius 1 is 1.44 bits per heavy atom. The first-order chi connectivity index (χ1) is 7.55. The van der Waals surface area contributed by atoms with Crippen LogP contribution in [-0.2, 0) is 18.4 Å². The molecule has 1 atom stereocenters. The van der Waals surface area contributed by atoms with E-state index in [1.54, 1.807) is 0 Å². The van der Waals surface area contributed by atoms with E-state index in [-0.39, 0.29) is 20.3 Å². The van der Waals surface area contributed by atoms with Crippen LogP contribution in [0.25, 0.3) is 0 Å². The van der Waals surface area contributed by atoms with Gasteiger partial charge in [0, 0.05) is 7.11 Å². The van der Waals surface area contributed by atoms with Crippen LogP contribution < -0.4 is 18.9 Å². The van der Waals surface area contributed by atoms with E-state index in [4.69, 9.17) is 25.3 Å². The summed E-state index contributed by atoms with van der Waals surface area (Å²) in [7, 11) is -6.47. The zero-order valence-corrected chi connectivity index (χ0v) is 10.3. The van der Waals surface area contributed by atoms with E-state index in [0.29, 0.717) is 7.11 Å². The molecular weight excluding hydrogens is 279 g/mol. The van der Waals surface area contributed by atoms with Crippen molar-refractivity contribution in [3.8, 4) is 0 Å². The van der Waals surface area contributed by atoms with Crippen LogP contribution in [0, 0.1) is 0 Å². The maximum Gasteiger partial charge on any atom is 1.00 e. The third-order valence-electron chi connectivity index (χ3n) is 1.10. The number of alkyl halides is 1. The fourth-order valence-corrected chi connectivity index (χ4v) is 1.33. The fraction of sp³-hybridized carbons (Fsp3) is 0.750. The van der Waals surface area contributed by atoms with Gasteiger partial charge in [0.15, 0.2) is 6.86 Å². The van der Waals surface area contributed by atoms with Crippen LogP contribution >= 0.6 is 7.60 Å². The SMILES string of the molecule is COP(=O)(OCF)C(O)(O)C(=O)F.OB(O)O.[H-].[Li+]. The van der Waals surface area contributed by atoms with Crippen LogP contribution in [0.1, 0.15) is 1.43 Å². The van der Waals surface area contributed by atoms with E-state index >= 15 is 0 Å². The molecule has 0 aliphatic rings. The van der Waals surface area contributed by atoms with E-state index in [9.17, 15) is 18.1 Å². The van der Waals surface area contributed by atoms with Crippen LogP contribution in [0.4, 0.5) is 8.78 Å². The van der Waals surface area contributed by atoms with Gasteiger partial charge in [-0.15, -0.1) is 0 Å². The zero-order valence-electron chi connectivity index (χ0n) is 10.4. The van der Waals surface area contributed by atoms with Crippen molar-refractivity contribution in [1.29, 1.82) is 0 Å². The largest absolute Gasteiger partial charge is 1.00 e. The van der Waals surface area contributed by atoms with Crippen LogP contribution in [-0.4, -0.2) is 58.1 Å². The Hall–Kier alpha value is 0.142. The molecule has 0 aromatic carbocycles. The second-order valence-electron chi connectivity index (χ2n) is 2.17. The third kappa shape index (κ3) is 7.55. The van der Waals surface area contributed by atoms with Crippen molar-refractivity contribution in [1.82, 2.24) is 0 Å². The monoisotopic (exact) mass is 290 g/mol. The molecule has 0 rings (SSSR count). The maximum atomic E-state index is 11.9. The molecule has 0 aromatic rings. The minimum atomic E-state index is -4.95. The molecule has 9 nitrogen and oxygen atoms in total. The minimum Gasteiger partial charge on any atom is -1.00 e. The minimum absolute atomic E-state index is 0. The van der Waals surface area contributed by atoms with Gasteiger partial charge >= 0.3 is 45.3 Å². The van der Waals surface area contributed by atoms with Crippen LogP contribution in [0.15, 0.2) is 0 Å². The van der Waals surface area contributed by atoms with Gasteiger partial charge in [0.25, 0.3) is 0 Å². The van der Waals surface area contributed by atoms with Crippen LogP contribution in [0.2, 0.25) is 0 Å². The van der Waals surface area contributed by atoms with Gasteiger partial charge in [-0.2, -0.15) is 4.39 Å². The van der Waals surface area contributed by atoms with Gasteiger partial charge in [0.05, 0.1) is 0 Å². The number of carbonyl (C=O) groups excluding carboxylic acids is 1. The summed E-state index contributed by atoms with van der Waals surface area (Å²) in [6, 6.07) is -2.76. The predicted octanol–water partition coefficient (Wildman–Crippen LogP) is -5.03. The first-order valence-electron chi connectivity index (χ1n) is 3.60. The molecule has 0 radical (unpaired) electrons.